The van der Waals surface area contributed by atoms with E-state index in [9.17, 15) is 0 Å². The fourth-order valence-corrected chi connectivity index (χ4v) is 3.28. The van der Waals surface area contributed by atoms with Crippen LogP contribution in [0.5, 0.6) is 0 Å². The lowest BCUT2D eigenvalue weighted by Gasteiger charge is -2.34. The average Bonchev–Trinajstić information content (AvgIpc) is 2.79. The van der Waals surface area contributed by atoms with Gasteiger partial charge in [0, 0.05) is 18.7 Å². The number of nitrogens with two attached hydrogens (primary N) is 1. The summed E-state index contributed by atoms with van der Waals surface area (Å²) in [6, 6.07) is 10.8. The van der Waals surface area contributed by atoms with E-state index in [4.69, 9.17) is 5.73 Å². The predicted molar refractivity (Wildman–Crippen MR) is 88.0 cm³/mol. The molecule has 112 valence electrons. The lowest BCUT2D eigenvalue weighted by molar-refractivity contribution is 0.224. The summed E-state index contributed by atoms with van der Waals surface area (Å²) in [7, 11) is 1.87. The zero-order chi connectivity index (χ0) is 15.0. The summed E-state index contributed by atoms with van der Waals surface area (Å²) >= 11 is 0. The van der Waals surface area contributed by atoms with Crippen molar-refractivity contribution in [3.05, 3.63) is 35.9 Å². The van der Waals surface area contributed by atoms with Gasteiger partial charge in [-0.25, -0.2) is 0 Å². The molecule has 1 fully saturated rings. The first-order valence-electron chi connectivity index (χ1n) is 7.84. The Bertz CT molecular complexity index is 593. The van der Waals surface area contributed by atoms with Crippen LogP contribution in [-0.4, -0.2) is 9.78 Å². The minimum absolute atomic E-state index is 0.530. The van der Waals surface area contributed by atoms with Gasteiger partial charge in [0.2, 0.25) is 0 Å². The van der Waals surface area contributed by atoms with Gasteiger partial charge in [0.25, 0.3) is 0 Å². The predicted octanol–water partition coefficient (Wildman–Crippen LogP) is 4.35. The zero-order valence-corrected chi connectivity index (χ0v) is 13.3. The number of rotatable bonds is 2. The van der Waals surface area contributed by atoms with Crippen molar-refractivity contribution in [2.45, 2.75) is 45.4 Å². The van der Waals surface area contributed by atoms with Gasteiger partial charge in [0.05, 0.1) is 5.69 Å². The first-order chi connectivity index (χ1) is 9.94. The van der Waals surface area contributed by atoms with Crippen LogP contribution in [-0.2, 0) is 7.05 Å². The van der Waals surface area contributed by atoms with Crippen LogP contribution < -0.4 is 5.73 Å². The maximum atomic E-state index is 5.85. The van der Waals surface area contributed by atoms with Crippen LogP contribution in [0.2, 0.25) is 0 Å². The number of hydrogen-bond acceptors (Lipinski definition) is 2. The molecule has 1 aromatic heterocycles. The van der Waals surface area contributed by atoms with E-state index in [1.54, 1.807) is 4.68 Å². The minimum atomic E-state index is 0.530. The van der Waals surface area contributed by atoms with Crippen LogP contribution in [0.3, 0.4) is 0 Å². The van der Waals surface area contributed by atoms with Crippen molar-refractivity contribution in [3.63, 3.8) is 0 Å². The van der Waals surface area contributed by atoms with Gasteiger partial charge >= 0.3 is 0 Å². The van der Waals surface area contributed by atoms with E-state index >= 15 is 0 Å². The van der Waals surface area contributed by atoms with E-state index in [1.165, 1.54) is 31.2 Å². The SMILES string of the molecule is Cn1nc(-c2ccc(C3CCC(C)(C)CC3)cc2)cc1N. The summed E-state index contributed by atoms with van der Waals surface area (Å²) < 4.78 is 1.71. The standard InChI is InChI=1S/C18H25N3/c1-18(2)10-8-14(9-11-18)13-4-6-15(7-5-13)16-12-17(19)21(3)20-16/h4-7,12,14H,8-11,19H2,1-3H3. The molecule has 0 radical (unpaired) electrons. The molecule has 3 nitrogen and oxygen atoms in total. The van der Waals surface area contributed by atoms with Crippen molar-refractivity contribution in [2.75, 3.05) is 5.73 Å². The summed E-state index contributed by atoms with van der Waals surface area (Å²) in [6.45, 7) is 4.77. The van der Waals surface area contributed by atoms with Crippen LogP contribution in [0.1, 0.15) is 51.0 Å². The second kappa shape index (κ2) is 5.21. The quantitative estimate of drug-likeness (QED) is 0.890. The summed E-state index contributed by atoms with van der Waals surface area (Å²) in [5.74, 6) is 1.42. The molecule has 0 bridgehead atoms. The van der Waals surface area contributed by atoms with Crippen molar-refractivity contribution in [2.24, 2.45) is 12.5 Å². The smallest absolute Gasteiger partial charge is 0.121 e. The normalized spacial score (nSPS) is 18.8. The third-order valence-electron chi connectivity index (χ3n) is 4.93. The second-order valence-electron chi connectivity index (χ2n) is 7.14. The lowest BCUT2D eigenvalue weighted by Crippen LogP contribution is -2.20. The van der Waals surface area contributed by atoms with E-state index < -0.39 is 0 Å². The van der Waals surface area contributed by atoms with Gasteiger partial charge in [0.1, 0.15) is 5.82 Å². The Morgan fingerprint density at radius 3 is 2.29 bits per heavy atom. The summed E-state index contributed by atoms with van der Waals surface area (Å²) in [4.78, 5) is 0. The fourth-order valence-electron chi connectivity index (χ4n) is 3.28. The molecule has 21 heavy (non-hydrogen) atoms. The highest BCUT2D eigenvalue weighted by molar-refractivity contribution is 5.62. The Hall–Kier alpha value is -1.77. The van der Waals surface area contributed by atoms with Crippen LogP contribution in [0.4, 0.5) is 5.82 Å². The molecule has 0 spiro atoms. The molecule has 2 N–H and O–H groups in total. The van der Waals surface area contributed by atoms with Crippen molar-refractivity contribution in [1.29, 1.82) is 0 Å². The highest BCUT2D eigenvalue weighted by atomic mass is 15.3. The molecule has 2 aromatic rings. The van der Waals surface area contributed by atoms with Gasteiger partial charge in [0.15, 0.2) is 0 Å². The topological polar surface area (TPSA) is 43.8 Å². The van der Waals surface area contributed by atoms with Gasteiger partial charge in [-0.2, -0.15) is 5.10 Å². The van der Waals surface area contributed by atoms with Crippen LogP contribution in [0, 0.1) is 5.41 Å². The Balaban J connectivity index is 1.75. The number of anilines is 1. The molecule has 0 atom stereocenters. The minimum Gasteiger partial charge on any atom is -0.384 e. The van der Waals surface area contributed by atoms with Crippen molar-refractivity contribution in [3.8, 4) is 11.3 Å². The molecule has 3 rings (SSSR count). The van der Waals surface area contributed by atoms with Gasteiger partial charge in [-0.1, -0.05) is 38.1 Å². The van der Waals surface area contributed by atoms with E-state index in [-0.39, 0.29) is 0 Å². The van der Waals surface area contributed by atoms with Gasteiger partial charge in [-0.15, -0.1) is 0 Å². The second-order valence-corrected chi connectivity index (χ2v) is 7.14. The molecule has 0 unspecified atom stereocenters. The third kappa shape index (κ3) is 2.97. The summed E-state index contributed by atoms with van der Waals surface area (Å²) in [5, 5.41) is 4.43. The fraction of sp³-hybridized carbons (Fsp3) is 0.500. The largest absolute Gasteiger partial charge is 0.384 e. The first kappa shape index (κ1) is 14.2. The van der Waals surface area contributed by atoms with Crippen molar-refractivity contribution >= 4 is 5.82 Å². The molecule has 0 aliphatic heterocycles. The molecule has 3 heteroatoms. The Morgan fingerprint density at radius 2 is 1.76 bits per heavy atom. The highest BCUT2D eigenvalue weighted by Crippen LogP contribution is 2.42. The van der Waals surface area contributed by atoms with Crippen molar-refractivity contribution in [1.82, 2.24) is 9.78 Å². The molecule has 1 saturated carbocycles. The first-order valence-corrected chi connectivity index (χ1v) is 7.84. The molecule has 1 aliphatic carbocycles. The van der Waals surface area contributed by atoms with E-state index in [1.807, 2.05) is 13.1 Å². The highest BCUT2D eigenvalue weighted by Gasteiger charge is 2.27. The Labute approximate surface area is 127 Å². The monoisotopic (exact) mass is 283 g/mol. The third-order valence-corrected chi connectivity index (χ3v) is 4.93. The van der Waals surface area contributed by atoms with Crippen LogP contribution in [0.15, 0.2) is 30.3 Å². The Morgan fingerprint density at radius 1 is 1.14 bits per heavy atom. The number of aryl methyl sites for hydroxylation is 1. The lowest BCUT2D eigenvalue weighted by atomic mass is 9.71. The molecule has 1 heterocycles. The Kier molecular flexibility index (Phi) is 3.52. The number of nitrogen functional groups attached to an aromatic ring is 1. The van der Waals surface area contributed by atoms with Gasteiger partial charge in [-0.3, -0.25) is 4.68 Å². The molecule has 1 aromatic carbocycles. The summed E-state index contributed by atoms with van der Waals surface area (Å²) in [6.07, 6.45) is 5.28. The number of hydrogen-bond donors (Lipinski definition) is 1. The van der Waals surface area contributed by atoms with Crippen LogP contribution in [0.25, 0.3) is 11.3 Å². The maximum absolute atomic E-state index is 5.85. The maximum Gasteiger partial charge on any atom is 0.121 e. The molecular weight excluding hydrogens is 258 g/mol. The number of nitrogens with zero attached hydrogens (tertiary/aromatic N) is 2. The molecular formula is C18H25N3. The summed E-state index contributed by atoms with van der Waals surface area (Å²) in [5.41, 5.74) is 9.94. The van der Waals surface area contributed by atoms with Gasteiger partial charge < -0.3 is 5.73 Å². The average molecular weight is 283 g/mol. The number of aromatic nitrogens is 2. The van der Waals surface area contributed by atoms with E-state index in [2.05, 4.69) is 43.2 Å². The number of benzene rings is 1. The van der Waals surface area contributed by atoms with Crippen LogP contribution >= 0.6 is 0 Å². The van der Waals surface area contributed by atoms with E-state index in [0.29, 0.717) is 11.2 Å². The zero-order valence-electron chi connectivity index (χ0n) is 13.3. The van der Waals surface area contributed by atoms with E-state index in [0.717, 1.165) is 17.2 Å². The van der Waals surface area contributed by atoms with Gasteiger partial charge in [-0.05, 0) is 42.6 Å². The molecule has 1 aliphatic rings. The molecule has 0 amide bonds. The molecule has 0 saturated heterocycles. The van der Waals surface area contributed by atoms with Crippen molar-refractivity contribution < 1.29 is 0 Å².